The van der Waals surface area contributed by atoms with Gasteiger partial charge in [-0.15, -0.1) is 0 Å². The van der Waals surface area contributed by atoms with Gasteiger partial charge in [0, 0.05) is 12.6 Å². The van der Waals surface area contributed by atoms with Gasteiger partial charge in [0.05, 0.1) is 5.56 Å². The van der Waals surface area contributed by atoms with Gasteiger partial charge in [-0.05, 0) is 42.3 Å². The van der Waals surface area contributed by atoms with Crippen molar-refractivity contribution < 1.29 is 22.6 Å². The van der Waals surface area contributed by atoms with Gasteiger partial charge in [0.25, 0.3) is 0 Å². The first-order valence-electron chi connectivity index (χ1n) is 7.72. The first-order chi connectivity index (χ1) is 11.4. The molecule has 0 saturated heterocycles. The van der Waals surface area contributed by atoms with Gasteiger partial charge in [-0.1, -0.05) is 18.2 Å². The fraction of sp³-hybridized carbons (Fsp3) is 0.333. The van der Waals surface area contributed by atoms with Crippen LogP contribution in [0.1, 0.15) is 29.7 Å². The maximum absolute atomic E-state index is 12.8. The SMILES string of the molecule is CC(NCc1ccc2c(c1)OCCO2)c1cccc(C(F)(F)F)c1. The smallest absolute Gasteiger partial charge is 0.416 e. The lowest BCUT2D eigenvalue weighted by atomic mass is 10.0. The maximum Gasteiger partial charge on any atom is 0.416 e. The van der Waals surface area contributed by atoms with Gasteiger partial charge in [-0.3, -0.25) is 0 Å². The van der Waals surface area contributed by atoms with E-state index in [1.54, 1.807) is 6.07 Å². The zero-order valence-electron chi connectivity index (χ0n) is 13.2. The van der Waals surface area contributed by atoms with Crippen LogP contribution in [0.15, 0.2) is 42.5 Å². The van der Waals surface area contributed by atoms with Crippen molar-refractivity contribution in [2.24, 2.45) is 0 Å². The number of ether oxygens (including phenoxy) is 2. The summed E-state index contributed by atoms with van der Waals surface area (Å²) >= 11 is 0. The predicted molar refractivity (Wildman–Crippen MR) is 84.1 cm³/mol. The van der Waals surface area contributed by atoms with Crippen molar-refractivity contribution >= 4 is 0 Å². The molecule has 6 heteroatoms. The molecule has 0 aliphatic carbocycles. The molecule has 0 fully saturated rings. The van der Waals surface area contributed by atoms with E-state index in [-0.39, 0.29) is 6.04 Å². The maximum atomic E-state index is 12.8. The first kappa shape index (κ1) is 16.6. The lowest BCUT2D eigenvalue weighted by Gasteiger charge is -2.20. The number of fused-ring (bicyclic) bond motifs is 1. The van der Waals surface area contributed by atoms with Crippen molar-refractivity contribution in [3.8, 4) is 11.5 Å². The van der Waals surface area contributed by atoms with Crippen LogP contribution >= 0.6 is 0 Å². The molecule has 0 amide bonds. The Morgan fingerprint density at radius 2 is 1.79 bits per heavy atom. The molecular weight excluding hydrogens is 319 g/mol. The number of alkyl halides is 3. The first-order valence-corrected chi connectivity index (χ1v) is 7.72. The van der Waals surface area contributed by atoms with Gasteiger partial charge >= 0.3 is 6.18 Å². The molecule has 0 aromatic heterocycles. The second-order valence-electron chi connectivity index (χ2n) is 5.70. The fourth-order valence-corrected chi connectivity index (χ4v) is 2.57. The highest BCUT2D eigenvalue weighted by molar-refractivity contribution is 5.43. The number of halogens is 3. The highest BCUT2D eigenvalue weighted by Gasteiger charge is 2.30. The molecule has 1 aliphatic rings. The standard InChI is InChI=1S/C18H18F3NO2/c1-12(14-3-2-4-15(10-14)18(19,20)21)22-11-13-5-6-16-17(9-13)24-8-7-23-16/h2-6,9-10,12,22H,7-8,11H2,1H3. The minimum absolute atomic E-state index is 0.208. The van der Waals surface area contributed by atoms with E-state index in [1.165, 1.54) is 12.1 Å². The highest BCUT2D eigenvalue weighted by Crippen LogP contribution is 2.32. The van der Waals surface area contributed by atoms with Crippen LogP contribution in [0, 0.1) is 0 Å². The zero-order chi connectivity index (χ0) is 17.2. The van der Waals surface area contributed by atoms with Crippen LogP contribution in [0.25, 0.3) is 0 Å². The molecule has 2 aromatic rings. The van der Waals surface area contributed by atoms with E-state index < -0.39 is 11.7 Å². The normalized spacial score (nSPS) is 15.2. The Morgan fingerprint density at radius 3 is 2.54 bits per heavy atom. The number of rotatable bonds is 4. The summed E-state index contributed by atoms with van der Waals surface area (Å²) in [4.78, 5) is 0. The zero-order valence-corrected chi connectivity index (χ0v) is 13.2. The van der Waals surface area contributed by atoms with Gasteiger partial charge < -0.3 is 14.8 Å². The summed E-state index contributed by atoms with van der Waals surface area (Å²) in [6, 6.07) is 10.8. The number of nitrogens with one attached hydrogen (secondary N) is 1. The quantitative estimate of drug-likeness (QED) is 0.901. The third-order valence-corrected chi connectivity index (χ3v) is 3.93. The molecule has 1 aliphatic heterocycles. The topological polar surface area (TPSA) is 30.5 Å². The van der Waals surface area contributed by atoms with Crippen LogP contribution in [0.3, 0.4) is 0 Å². The van der Waals surface area contributed by atoms with Crippen LogP contribution < -0.4 is 14.8 Å². The Hall–Kier alpha value is -2.21. The van der Waals surface area contributed by atoms with Crippen molar-refractivity contribution in [3.63, 3.8) is 0 Å². The van der Waals surface area contributed by atoms with Gasteiger partial charge in [0.1, 0.15) is 13.2 Å². The Kier molecular flexibility index (Phi) is 4.66. The van der Waals surface area contributed by atoms with Crippen LogP contribution in [0.2, 0.25) is 0 Å². The molecule has 128 valence electrons. The van der Waals surface area contributed by atoms with E-state index in [4.69, 9.17) is 9.47 Å². The third kappa shape index (κ3) is 3.82. The summed E-state index contributed by atoms with van der Waals surface area (Å²) < 4.78 is 49.4. The number of benzene rings is 2. The Bertz CT molecular complexity index is 716. The van der Waals surface area contributed by atoms with E-state index >= 15 is 0 Å². The third-order valence-electron chi connectivity index (χ3n) is 3.93. The van der Waals surface area contributed by atoms with Crippen molar-refractivity contribution in [2.45, 2.75) is 25.7 Å². The van der Waals surface area contributed by atoms with Crippen molar-refractivity contribution in [1.82, 2.24) is 5.32 Å². The molecule has 1 heterocycles. The number of hydrogen-bond acceptors (Lipinski definition) is 3. The van der Waals surface area contributed by atoms with Crippen molar-refractivity contribution in [3.05, 3.63) is 59.2 Å². The molecule has 3 nitrogen and oxygen atoms in total. The Morgan fingerprint density at radius 1 is 1.04 bits per heavy atom. The van der Waals surface area contributed by atoms with E-state index in [9.17, 15) is 13.2 Å². The molecule has 1 unspecified atom stereocenters. The van der Waals surface area contributed by atoms with Crippen molar-refractivity contribution in [1.29, 1.82) is 0 Å². The van der Waals surface area contributed by atoms with Gasteiger partial charge in [-0.2, -0.15) is 13.2 Å². The summed E-state index contributed by atoms with van der Waals surface area (Å²) in [6.07, 6.45) is -4.33. The molecule has 0 spiro atoms. The Labute approximate surface area is 138 Å². The minimum atomic E-state index is -4.33. The molecule has 1 atom stereocenters. The monoisotopic (exact) mass is 337 g/mol. The summed E-state index contributed by atoms with van der Waals surface area (Å²) in [6.45, 7) is 3.42. The average molecular weight is 337 g/mol. The molecule has 2 aromatic carbocycles. The van der Waals surface area contributed by atoms with E-state index in [0.29, 0.717) is 31.1 Å². The van der Waals surface area contributed by atoms with Gasteiger partial charge in [0.2, 0.25) is 0 Å². The highest BCUT2D eigenvalue weighted by atomic mass is 19.4. The molecule has 0 radical (unpaired) electrons. The largest absolute Gasteiger partial charge is 0.486 e. The molecule has 3 rings (SSSR count). The van der Waals surface area contributed by atoms with E-state index in [0.717, 1.165) is 17.4 Å². The van der Waals surface area contributed by atoms with Crippen LogP contribution in [0.4, 0.5) is 13.2 Å². The second kappa shape index (κ2) is 6.73. The lowest BCUT2D eigenvalue weighted by Crippen LogP contribution is -2.19. The predicted octanol–water partition coefficient (Wildman–Crippen LogP) is 4.33. The van der Waals surface area contributed by atoms with Crippen LogP contribution in [0.5, 0.6) is 11.5 Å². The second-order valence-corrected chi connectivity index (χ2v) is 5.70. The average Bonchev–Trinajstić information content (AvgIpc) is 2.59. The van der Waals surface area contributed by atoms with E-state index in [1.807, 2.05) is 25.1 Å². The lowest BCUT2D eigenvalue weighted by molar-refractivity contribution is -0.137. The molecule has 0 saturated carbocycles. The summed E-state index contributed by atoms with van der Waals surface area (Å²) in [7, 11) is 0. The van der Waals surface area contributed by atoms with Crippen LogP contribution in [-0.4, -0.2) is 13.2 Å². The molecular formula is C18H18F3NO2. The van der Waals surface area contributed by atoms with Crippen molar-refractivity contribution in [2.75, 3.05) is 13.2 Å². The minimum Gasteiger partial charge on any atom is -0.486 e. The number of hydrogen-bond donors (Lipinski definition) is 1. The molecule has 0 bridgehead atoms. The summed E-state index contributed by atoms with van der Waals surface area (Å²) in [5.74, 6) is 1.42. The summed E-state index contributed by atoms with van der Waals surface area (Å²) in [5.41, 5.74) is 0.952. The molecule has 1 N–H and O–H groups in total. The van der Waals surface area contributed by atoms with Gasteiger partial charge in [0.15, 0.2) is 11.5 Å². The van der Waals surface area contributed by atoms with E-state index in [2.05, 4.69) is 5.32 Å². The Balaban J connectivity index is 1.66. The molecule has 24 heavy (non-hydrogen) atoms. The summed E-state index contributed by atoms with van der Waals surface area (Å²) in [5, 5.41) is 3.24. The van der Waals surface area contributed by atoms with Gasteiger partial charge in [-0.25, -0.2) is 0 Å². The fourth-order valence-electron chi connectivity index (χ4n) is 2.57. The van der Waals surface area contributed by atoms with Crippen LogP contribution in [-0.2, 0) is 12.7 Å².